The van der Waals surface area contributed by atoms with E-state index in [0.29, 0.717) is 25.8 Å². The first-order valence-corrected chi connectivity index (χ1v) is 7.51. The first-order valence-electron chi connectivity index (χ1n) is 6.07. The fourth-order valence-corrected chi connectivity index (χ4v) is 3.33. The molecule has 2 N–H and O–H groups in total. The summed E-state index contributed by atoms with van der Waals surface area (Å²) >= 11 is 0. The molecule has 1 unspecified atom stereocenters. The number of hydrogen-bond donors (Lipinski definition) is 2. The van der Waals surface area contributed by atoms with Gasteiger partial charge in [-0.1, -0.05) is 0 Å². The number of aliphatic hydroxyl groups excluding tert-OH is 1. The number of nitrogens with zero attached hydrogens (tertiary/aromatic N) is 1. The maximum atomic E-state index is 12.0. The number of carbonyl (C=O) groups excluding carboxylic acids is 1. The largest absolute Gasteiger partial charge is 0.465 e. The molecule has 1 saturated heterocycles. The minimum atomic E-state index is -3.67. The molecule has 7 nitrogen and oxygen atoms in total. The van der Waals surface area contributed by atoms with Crippen molar-refractivity contribution in [3.8, 4) is 0 Å². The normalized spacial score (nSPS) is 21.1. The van der Waals surface area contributed by atoms with Crippen LogP contribution >= 0.6 is 0 Å². The van der Waals surface area contributed by atoms with Gasteiger partial charge in [0, 0.05) is 19.7 Å². The van der Waals surface area contributed by atoms with Crippen LogP contribution < -0.4 is 4.72 Å². The van der Waals surface area contributed by atoms with E-state index < -0.39 is 22.2 Å². The van der Waals surface area contributed by atoms with Crippen LogP contribution in [0.3, 0.4) is 0 Å². The number of ether oxygens (including phenoxy) is 1. The number of hydrogen-bond acceptors (Lipinski definition) is 5. The fourth-order valence-electron chi connectivity index (χ4n) is 1.86. The third-order valence-electron chi connectivity index (χ3n) is 2.69. The third-order valence-corrected chi connectivity index (χ3v) is 4.31. The highest BCUT2D eigenvalue weighted by Crippen LogP contribution is 2.21. The Bertz CT molecular complexity index is 370. The molecular formula is C10H20N2O5S. The highest BCUT2D eigenvalue weighted by atomic mass is 32.2. The minimum Gasteiger partial charge on any atom is -0.465 e. The molecule has 0 amide bonds. The van der Waals surface area contributed by atoms with Gasteiger partial charge < -0.3 is 9.84 Å². The second-order valence-corrected chi connectivity index (χ2v) is 5.71. The molecule has 1 atom stereocenters. The number of aliphatic hydroxyl groups is 1. The van der Waals surface area contributed by atoms with E-state index in [2.05, 4.69) is 4.72 Å². The lowest BCUT2D eigenvalue weighted by atomic mass is 10.2. The Morgan fingerprint density at radius 3 is 2.89 bits per heavy atom. The predicted molar refractivity (Wildman–Crippen MR) is 65.0 cm³/mol. The average Bonchev–Trinajstić information content (AvgIpc) is 2.79. The maximum Gasteiger partial charge on any atom is 0.324 e. The Labute approximate surface area is 107 Å². The van der Waals surface area contributed by atoms with Gasteiger partial charge in [0.1, 0.15) is 6.04 Å². The quantitative estimate of drug-likeness (QED) is 0.471. The Hall–Kier alpha value is -0.700. The van der Waals surface area contributed by atoms with Crippen LogP contribution in [0.5, 0.6) is 0 Å². The predicted octanol–water partition coefficient (Wildman–Crippen LogP) is -0.769. The van der Waals surface area contributed by atoms with E-state index in [-0.39, 0.29) is 19.8 Å². The number of esters is 1. The lowest BCUT2D eigenvalue weighted by Crippen LogP contribution is -2.47. The van der Waals surface area contributed by atoms with Gasteiger partial charge >= 0.3 is 5.97 Å². The van der Waals surface area contributed by atoms with Crippen LogP contribution in [0.4, 0.5) is 0 Å². The first kappa shape index (κ1) is 15.4. The van der Waals surface area contributed by atoms with Gasteiger partial charge in [-0.25, -0.2) is 4.72 Å². The van der Waals surface area contributed by atoms with E-state index in [9.17, 15) is 13.2 Å². The smallest absolute Gasteiger partial charge is 0.324 e. The van der Waals surface area contributed by atoms with Crippen LogP contribution in [0.25, 0.3) is 0 Å². The van der Waals surface area contributed by atoms with Gasteiger partial charge in [-0.15, -0.1) is 0 Å². The van der Waals surface area contributed by atoms with Crippen LogP contribution in [0.15, 0.2) is 0 Å². The summed E-state index contributed by atoms with van der Waals surface area (Å²) in [6.07, 6.45) is 1.47. The lowest BCUT2D eigenvalue weighted by molar-refractivity contribution is -0.146. The van der Waals surface area contributed by atoms with Crippen molar-refractivity contribution in [1.82, 2.24) is 9.03 Å². The average molecular weight is 280 g/mol. The lowest BCUT2D eigenvalue weighted by Gasteiger charge is -2.22. The van der Waals surface area contributed by atoms with Crippen molar-refractivity contribution in [3.63, 3.8) is 0 Å². The van der Waals surface area contributed by atoms with Crippen LogP contribution in [-0.4, -0.2) is 56.1 Å². The molecule has 0 aromatic heterocycles. The molecule has 0 radical (unpaired) electrons. The summed E-state index contributed by atoms with van der Waals surface area (Å²) < 4.78 is 32.3. The summed E-state index contributed by atoms with van der Waals surface area (Å²) in [5.41, 5.74) is 0. The van der Waals surface area contributed by atoms with Crippen molar-refractivity contribution in [3.05, 3.63) is 0 Å². The molecule has 1 rings (SSSR count). The summed E-state index contributed by atoms with van der Waals surface area (Å²) in [4.78, 5) is 11.6. The molecule has 0 saturated carbocycles. The van der Waals surface area contributed by atoms with Crippen LogP contribution in [0.2, 0.25) is 0 Å². The Kier molecular flexibility index (Phi) is 6.00. The number of nitrogens with one attached hydrogen (secondary N) is 1. The van der Waals surface area contributed by atoms with Gasteiger partial charge in [-0.2, -0.15) is 12.7 Å². The SMILES string of the molecule is CCOC(=O)C1CCCN1S(=O)(=O)NCCCO. The van der Waals surface area contributed by atoms with Crippen molar-refractivity contribution in [1.29, 1.82) is 0 Å². The van der Waals surface area contributed by atoms with Crippen molar-refractivity contribution >= 4 is 16.2 Å². The van der Waals surface area contributed by atoms with E-state index in [1.807, 2.05) is 0 Å². The molecule has 0 aromatic carbocycles. The summed E-state index contributed by atoms with van der Waals surface area (Å²) in [6.45, 7) is 2.32. The van der Waals surface area contributed by atoms with Gasteiger partial charge in [-0.05, 0) is 26.2 Å². The van der Waals surface area contributed by atoms with Crippen LogP contribution in [0, 0.1) is 0 Å². The molecule has 1 heterocycles. The van der Waals surface area contributed by atoms with Crippen molar-refractivity contribution in [2.24, 2.45) is 0 Å². The Morgan fingerprint density at radius 2 is 2.28 bits per heavy atom. The molecule has 106 valence electrons. The van der Waals surface area contributed by atoms with Crippen LogP contribution in [-0.2, 0) is 19.7 Å². The highest BCUT2D eigenvalue weighted by molar-refractivity contribution is 7.87. The molecule has 0 aliphatic carbocycles. The summed E-state index contributed by atoms with van der Waals surface area (Å²) in [5.74, 6) is -0.498. The van der Waals surface area contributed by atoms with Gasteiger partial charge in [0.2, 0.25) is 0 Å². The van der Waals surface area contributed by atoms with E-state index in [4.69, 9.17) is 9.84 Å². The van der Waals surface area contributed by atoms with Gasteiger partial charge in [0.15, 0.2) is 0 Å². The number of carbonyl (C=O) groups is 1. The summed E-state index contributed by atoms with van der Waals surface area (Å²) in [6, 6.07) is -0.725. The minimum absolute atomic E-state index is 0.0795. The standard InChI is InChI=1S/C10H20N2O5S/c1-2-17-10(14)9-5-3-7-12(9)18(15,16)11-6-4-8-13/h9,11,13H,2-8H2,1H3. The van der Waals surface area contributed by atoms with Crippen molar-refractivity contribution in [2.45, 2.75) is 32.2 Å². The Morgan fingerprint density at radius 1 is 1.56 bits per heavy atom. The zero-order valence-electron chi connectivity index (χ0n) is 10.5. The summed E-state index contributed by atoms with van der Waals surface area (Å²) in [5, 5.41) is 8.62. The molecular weight excluding hydrogens is 260 g/mol. The second kappa shape index (κ2) is 7.03. The van der Waals surface area contributed by atoms with E-state index in [1.54, 1.807) is 6.92 Å². The van der Waals surface area contributed by atoms with Gasteiger partial charge in [0.05, 0.1) is 6.61 Å². The monoisotopic (exact) mass is 280 g/mol. The highest BCUT2D eigenvalue weighted by Gasteiger charge is 2.39. The van der Waals surface area contributed by atoms with E-state index in [0.717, 1.165) is 4.31 Å². The third kappa shape index (κ3) is 3.91. The number of rotatable bonds is 7. The molecule has 1 fully saturated rings. The fraction of sp³-hybridized carbons (Fsp3) is 0.900. The first-order chi connectivity index (χ1) is 8.53. The van der Waals surface area contributed by atoms with Crippen molar-refractivity contribution < 1.29 is 23.1 Å². The molecule has 1 aliphatic rings. The molecule has 8 heteroatoms. The van der Waals surface area contributed by atoms with Crippen LogP contribution in [0.1, 0.15) is 26.2 Å². The van der Waals surface area contributed by atoms with Crippen molar-refractivity contribution in [2.75, 3.05) is 26.3 Å². The molecule has 0 spiro atoms. The zero-order valence-corrected chi connectivity index (χ0v) is 11.3. The van der Waals surface area contributed by atoms with E-state index in [1.165, 1.54) is 0 Å². The Balaban J connectivity index is 2.65. The van der Waals surface area contributed by atoms with Gasteiger partial charge in [0.25, 0.3) is 10.2 Å². The van der Waals surface area contributed by atoms with Gasteiger partial charge in [-0.3, -0.25) is 4.79 Å². The molecule has 18 heavy (non-hydrogen) atoms. The molecule has 0 aromatic rings. The zero-order chi connectivity index (χ0) is 13.6. The molecule has 1 aliphatic heterocycles. The second-order valence-electron chi connectivity index (χ2n) is 4.00. The van der Waals surface area contributed by atoms with E-state index >= 15 is 0 Å². The molecule has 0 bridgehead atoms. The maximum absolute atomic E-state index is 12.0. The summed E-state index contributed by atoms with van der Waals surface area (Å²) in [7, 11) is -3.67. The topological polar surface area (TPSA) is 95.9 Å².